The molecule has 0 aliphatic heterocycles. The van der Waals surface area contributed by atoms with E-state index >= 15 is 0 Å². The molecular weight excluding hydrogens is 781 g/mol. The Hall–Kier alpha value is -1.38. The van der Waals surface area contributed by atoms with Gasteiger partial charge in [0.25, 0.3) is 0 Å². The molecule has 0 fully saturated rings. The van der Waals surface area contributed by atoms with Gasteiger partial charge < -0.3 is 14.2 Å². The summed E-state index contributed by atoms with van der Waals surface area (Å²) < 4.78 is 19.4. The van der Waals surface area contributed by atoms with Crippen LogP contribution in [0.25, 0.3) is 0 Å². The summed E-state index contributed by atoms with van der Waals surface area (Å²) in [4.78, 5) is 0. The standard InChI is InChI=1S/C61H115O3/c1-5-8-11-14-17-20-23-26-29-32-35-38-41-44-47-50-53-62-59-56-58(4)57-60(63-54-51-48-45-42-39-36-33-30-27-24-21-18-15-12-9-6-2)61(59)64-55-52-49-46-43-40-37-34-31-28-25-22-19-16-13-10-7-3/h56-57H,4-55H2,1-3H3. The van der Waals surface area contributed by atoms with E-state index in [-0.39, 0.29) is 0 Å². The van der Waals surface area contributed by atoms with Crippen LogP contribution in [-0.4, -0.2) is 19.8 Å². The van der Waals surface area contributed by atoms with Crippen molar-refractivity contribution in [2.45, 2.75) is 329 Å². The van der Waals surface area contributed by atoms with Gasteiger partial charge in [0.1, 0.15) is 0 Å². The molecule has 1 rings (SSSR count). The van der Waals surface area contributed by atoms with Crippen molar-refractivity contribution in [3.63, 3.8) is 0 Å². The number of ether oxygens (including phenoxy) is 3. The first-order valence-electron chi connectivity index (χ1n) is 29.6. The molecule has 0 aromatic heterocycles. The topological polar surface area (TPSA) is 27.7 Å². The Kier molecular flexibility index (Phi) is 48.3. The van der Waals surface area contributed by atoms with Gasteiger partial charge in [0.05, 0.1) is 19.8 Å². The van der Waals surface area contributed by atoms with Crippen LogP contribution in [0.3, 0.4) is 0 Å². The Morgan fingerprint density at radius 2 is 0.422 bits per heavy atom. The highest BCUT2D eigenvalue weighted by atomic mass is 16.5. The van der Waals surface area contributed by atoms with Crippen molar-refractivity contribution in [2.75, 3.05) is 19.8 Å². The second-order valence-electron chi connectivity index (χ2n) is 20.4. The quantitative estimate of drug-likeness (QED) is 0.0610. The van der Waals surface area contributed by atoms with Crippen molar-refractivity contribution in [3.05, 3.63) is 24.6 Å². The zero-order valence-corrected chi connectivity index (χ0v) is 44.1. The number of hydrogen-bond donors (Lipinski definition) is 0. The van der Waals surface area contributed by atoms with E-state index < -0.39 is 0 Å². The lowest BCUT2D eigenvalue weighted by molar-refractivity contribution is 0.234. The van der Waals surface area contributed by atoms with Crippen LogP contribution >= 0.6 is 0 Å². The molecular formula is C61H115O3. The van der Waals surface area contributed by atoms with E-state index in [1.54, 1.807) is 0 Å². The van der Waals surface area contributed by atoms with E-state index in [9.17, 15) is 0 Å². The first kappa shape index (κ1) is 60.6. The van der Waals surface area contributed by atoms with Crippen molar-refractivity contribution >= 4 is 0 Å². The molecule has 0 aliphatic rings. The first-order valence-corrected chi connectivity index (χ1v) is 29.6. The molecule has 0 N–H and O–H groups in total. The van der Waals surface area contributed by atoms with Crippen molar-refractivity contribution in [1.29, 1.82) is 0 Å². The summed E-state index contributed by atoms with van der Waals surface area (Å²) in [7, 11) is 0. The van der Waals surface area contributed by atoms with Crippen LogP contribution in [0.2, 0.25) is 0 Å². The Morgan fingerprint density at radius 1 is 0.250 bits per heavy atom. The van der Waals surface area contributed by atoms with Gasteiger partial charge in [-0.25, -0.2) is 0 Å². The Morgan fingerprint density at radius 3 is 0.625 bits per heavy atom. The maximum Gasteiger partial charge on any atom is 0.203 e. The van der Waals surface area contributed by atoms with Gasteiger partial charge in [-0.1, -0.05) is 310 Å². The molecule has 1 radical (unpaired) electrons. The Labute approximate surface area is 403 Å². The number of unbranched alkanes of at least 4 members (excludes halogenated alkanes) is 45. The fourth-order valence-corrected chi connectivity index (χ4v) is 9.48. The highest BCUT2D eigenvalue weighted by Gasteiger charge is 2.15. The van der Waals surface area contributed by atoms with Crippen LogP contribution in [0.1, 0.15) is 335 Å². The average Bonchev–Trinajstić information content (AvgIpc) is 3.30. The van der Waals surface area contributed by atoms with E-state index in [2.05, 4.69) is 39.8 Å². The lowest BCUT2D eigenvalue weighted by Gasteiger charge is -2.18. The lowest BCUT2D eigenvalue weighted by Crippen LogP contribution is -2.06. The number of rotatable bonds is 54. The average molecular weight is 897 g/mol. The maximum atomic E-state index is 6.53. The van der Waals surface area contributed by atoms with Crippen LogP contribution < -0.4 is 14.2 Å². The lowest BCUT2D eigenvalue weighted by atomic mass is 10.0. The van der Waals surface area contributed by atoms with Gasteiger partial charge in [-0.05, 0) is 43.9 Å². The van der Waals surface area contributed by atoms with E-state index in [4.69, 9.17) is 14.2 Å². The van der Waals surface area contributed by atoms with Crippen molar-refractivity contribution < 1.29 is 14.2 Å². The van der Waals surface area contributed by atoms with Crippen LogP contribution in [-0.2, 0) is 0 Å². The van der Waals surface area contributed by atoms with Gasteiger partial charge in [-0.3, -0.25) is 0 Å². The number of hydrogen-bond acceptors (Lipinski definition) is 3. The van der Waals surface area contributed by atoms with Gasteiger partial charge in [-0.2, -0.15) is 0 Å². The minimum atomic E-state index is 0.722. The molecule has 3 heteroatoms. The second-order valence-corrected chi connectivity index (χ2v) is 20.4. The first-order chi connectivity index (χ1) is 31.7. The molecule has 1 aromatic rings. The van der Waals surface area contributed by atoms with E-state index in [0.29, 0.717) is 0 Å². The summed E-state index contributed by atoms with van der Waals surface area (Å²) >= 11 is 0. The predicted octanol–water partition coefficient (Wildman–Crippen LogP) is 21.8. The van der Waals surface area contributed by atoms with Gasteiger partial charge in [-0.15, -0.1) is 0 Å². The summed E-state index contributed by atoms with van der Waals surface area (Å²) in [5.41, 5.74) is 0.943. The summed E-state index contributed by atoms with van der Waals surface area (Å²) in [5.74, 6) is 2.46. The van der Waals surface area contributed by atoms with Crippen molar-refractivity contribution in [1.82, 2.24) is 0 Å². The summed E-state index contributed by atoms with van der Waals surface area (Å²) in [6.45, 7) is 13.4. The van der Waals surface area contributed by atoms with Crippen LogP contribution in [0.5, 0.6) is 17.2 Å². The zero-order chi connectivity index (χ0) is 45.9. The fraction of sp³-hybridized carbons (Fsp3) is 0.885. The van der Waals surface area contributed by atoms with Crippen molar-refractivity contribution in [2.24, 2.45) is 0 Å². The minimum absolute atomic E-state index is 0.722. The minimum Gasteiger partial charge on any atom is -0.490 e. The zero-order valence-electron chi connectivity index (χ0n) is 44.1. The molecule has 0 amide bonds. The highest BCUT2D eigenvalue weighted by molar-refractivity contribution is 5.54. The van der Waals surface area contributed by atoms with Crippen LogP contribution in [0.15, 0.2) is 12.1 Å². The molecule has 1 aromatic carbocycles. The molecule has 0 heterocycles. The second kappa shape index (κ2) is 51.0. The molecule has 64 heavy (non-hydrogen) atoms. The predicted molar refractivity (Wildman–Crippen MR) is 286 cm³/mol. The summed E-state index contributed by atoms with van der Waals surface area (Å²) in [5, 5.41) is 0. The van der Waals surface area contributed by atoms with Crippen LogP contribution in [0.4, 0.5) is 0 Å². The third-order valence-electron chi connectivity index (χ3n) is 13.8. The molecule has 0 saturated carbocycles. The third kappa shape index (κ3) is 42.0. The third-order valence-corrected chi connectivity index (χ3v) is 13.8. The van der Waals surface area contributed by atoms with Gasteiger partial charge >= 0.3 is 0 Å². The number of benzene rings is 1. The monoisotopic (exact) mass is 896 g/mol. The summed E-state index contributed by atoms with van der Waals surface area (Å²) in [6.07, 6.45) is 66.3. The van der Waals surface area contributed by atoms with Gasteiger partial charge in [0.15, 0.2) is 11.5 Å². The maximum absolute atomic E-state index is 6.53. The smallest absolute Gasteiger partial charge is 0.203 e. The normalized spacial score (nSPS) is 11.5. The van der Waals surface area contributed by atoms with Crippen molar-refractivity contribution in [3.8, 4) is 17.2 Å². The molecule has 0 bridgehead atoms. The van der Waals surface area contributed by atoms with E-state index in [0.717, 1.165) is 61.9 Å². The van der Waals surface area contributed by atoms with E-state index in [1.807, 2.05) is 0 Å². The molecule has 0 spiro atoms. The SMILES string of the molecule is [CH2]c1cc(OCCCCCCCCCCCCCCCCCC)c(OCCCCCCCCCCCCCCCCCC)c(OCCCCCCCCCCCCCCCCCC)c1. The Bertz CT molecular complexity index is 977. The molecule has 0 atom stereocenters. The highest BCUT2D eigenvalue weighted by Crippen LogP contribution is 2.39. The van der Waals surface area contributed by atoms with Gasteiger partial charge in [0, 0.05) is 0 Å². The Balaban J connectivity index is 2.35. The van der Waals surface area contributed by atoms with Crippen LogP contribution in [0, 0.1) is 6.92 Å². The molecule has 3 nitrogen and oxygen atoms in total. The summed E-state index contributed by atoms with van der Waals surface area (Å²) in [6, 6.07) is 4.13. The molecule has 0 saturated heterocycles. The molecule has 0 unspecified atom stereocenters. The van der Waals surface area contributed by atoms with E-state index in [1.165, 1.54) is 289 Å². The molecule has 377 valence electrons. The molecule has 0 aliphatic carbocycles. The van der Waals surface area contributed by atoms with Gasteiger partial charge in [0.2, 0.25) is 5.75 Å². The fourth-order valence-electron chi connectivity index (χ4n) is 9.48. The largest absolute Gasteiger partial charge is 0.490 e.